The van der Waals surface area contributed by atoms with Gasteiger partial charge in [-0.15, -0.1) is 0 Å². The molecule has 2 aromatic rings. The molecule has 0 aromatic carbocycles. The number of anilines is 1. The van der Waals surface area contributed by atoms with Gasteiger partial charge in [-0.05, 0) is 12.1 Å². The lowest BCUT2D eigenvalue weighted by Crippen LogP contribution is -2.17. The second-order valence-corrected chi connectivity index (χ2v) is 2.43. The number of nitrogen functional groups attached to an aromatic ring is 1. The molecule has 0 aliphatic carbocycles. The number of hydrazine groups is 1. The molecule has 6 nitrogen and oxygen atoms in total. The van der Waals surface area contributed by atoms with Crippen molar-refractivity contribution in [3.8, 4) is 0 Å². The van der Waals surface area contributed by atoms with Gasteiger partial charge in [0.2, 0.25) is 0 Å². The number of fused-ring (bicyclic) bond motifs is 1. The number of hydrogen-bond acceptors (Lipinski definition) is 5. The van der Waals surface area contributed by atoms with Crippen molar-refractivity contribution in [1.29, 1.82) is 0 Å². The number of nitrogens with one attached hydrogen (secondary N) is 2. The Kier molecular flexibility index (Phi) is 1.67. The Labute approximate surface area is 72.8 Å². The largest absolute Gasteiger partial charge is 0.347 e. The summed E-state index contributed by atoms with van der Waals surface area (Å²) >= 11 is 0. The predicted molar refractivity (Wildman–Crippen MR) is 48.0 cm³/mol. The van der Waals surface area contributed by atoms with Gasteiger partial charge in [0, 0.05) is 6.20 Å². The number of nitrogens with zero attached hydrogens (tertiary/aromatic N) is 2. The van der Waals surface area contributed by atoms with E-state index in [1.807, 2.05) is 0 Å². The lowest BCUT2D eigenvalue weighted by molar-refractivity contribution is 1.09. The predicted octanol–water partition coefficient (Wildman–Crippen LogP) is -0.396. The van der Waals surface area contributed by atoms with Crippen LogP contribution in [-0.4, -0.2) is 15.0 Å². The van der Waals surface area contributed by atoms with Gasteiger partial charge in [-0.25, -0.2) is 10.6 Å². The van der Waals surface area contributed by atoms with Crippen LogP contribution in [0.25, 0.3) is 11.0 Å². The monoisotopic (exact) mass is 177 g/mol. The zero-order valence-electron chi connectivity index (χ0n) is 6.61. The number of nitrogens with two attached hydrogens (primary N) is 1. The molecule has 13 heavy (non-hydrogen) atoms. The second-order valence-electron chi connectivity index (χ2n) is 2.43. The van der Waals surface area contributed by atoms with Crippen LogP contribution in [0.4, 0.5) is 5.82 Å². The minimum Gasteiger partial charge on any atom is -0.306 e. The Bertz CT molecular complexity index is 491. The summed E-state index contributed by atoms with van der Waals surface area (Å²) < 4.78 is 0. The van der Waals surface area contributed by atoms with Crippen LogP contribution >= 0.6 is 0 Å². The van der Waals surface area contributed by atoms with E-state index < -0.39 is 5.69 Å². The van der Waals surface area contributed by atoms with E-state index in [9.17, 15) is 4.79 Å². The summed E-state index contributed by atoms with van der Waals surface area (Å²) in [4.78, 5) is 21.1. The van der Waals surface area contributed by atoms with Gasteiger partial charge in [-0.2, -0.15) is 4.98 Å². The van der Waals surface area contributed by atoms with Gasteiger partial charge in [0.25, 0.3) is 0 Å². The number of hydrogen-bond donors (Lipinski definition) is 3. The topological polar surface area (TPSA) is 96.7 Å². The number of aromatic amines is 1. The number of H-pyrrole nitrogens is 1. The van der Waals surface area contributed by atoms with Crippen molar-refractivity contribution in [2.45, 2.75) is 0 Å². The van der Waals surface area contributed by atoms with Crippen molar-refractivity contribution >= 4 is 16.9 Å². The first-order valence-corrected chi connectivity index (χ1v) is 3.63. The van der Waals surface area contributed by atoms with E-state index in [1.54, 1.807) is 18.3 Å². The molecule has 0 fully saturated rings. The third-order valence-electron chi connectivity index (χ3n) is 1.62. The summed E-state index contributed by atoms with van der Waals surface area (Å²) in [6, 6.07) is 3.45. The molecule has 2 rings (SSSR count). The fraction of sp³-hybridized carbons (Fsp3) is 0. The highest BCUT2D eigenvalue weighted by Crippen LogP contribution is 2.11. The molecule has 4 N–H and O–H groups in total. The molecule has 0 unspecified atom stereocenters. The summed E-state index contributed by atoms with van der Waals surface area (Å²) in [6.07, 6.45) is 1.60. The van der Waals surface area contributed by atoms with Crippen molar-refractivity contribution in [3.63, 3.8) is 0 Å². The molecular weight excluding hydrogens is 170 g/mol. The summed E-state index contributed by atoms with van der Waals surface area (Å²) in [5.74, 6) is 5.46. The lowest BCUT2D eigenvalue weighted by Gasteiger charge is -2.01. The molecule has 0 saturated heterocycles. The van der Waals surface area contributed by atoms with Gasteiger partial charge < -0.3 is 10.4 Å². The number of rotatable bonds is 1. The van der Waals surface area contributed by atoms with Gasteiger partial charge in [0.15, 0.2) is 5.82 Å². The molecule has 2 aromatic heterocycles. The van der Waals surface area contributed by atoms with Crippen molar-refractivity contribution < 1.29 is 0 Å². The second kappa shape index (κ2) is 2.83. The molecule has 0 radical (unpaired) electrons. The lowest BCUT2D eigenvalue weighted by atomic mass is 10.3. The highest BCUT2D eigenvalue weighted by Gasteiger charge is 2.02. The van der Waals surface area contributed by atoms with E-state index in [0.29, 0.717) is 11.0 Å². The fourth-order valence-corrected chi connectivity index (χ4v) is 1.09. The van der Waals surface area contributed by atoms with Crippen LogP contribution < -0.4 is 17.0 Å². The van der Waals surface area contributed by atoms with Crippen molar-refractivity contribution in [3.05, 3.63) is 28.8 Å². The van der Waals surface area contributed by atoms with Crippen LogP contribution in [0.2, 0.25) is 0 Å². The average Bonchev–Trinajstić information content (AvgIpc) is 2.16. The van der Waals surface area contributed by atoms with Crippen LogP contribution in [0.3, 0.4) is 0 Å². The first kappa shape index (κ1) is 7.69. The van der Waals surface area contributed by atoms with Crippen LogP contribution in [0.15, 0.2) is 23.1 Å². The van der Waals surface area contributed by atoms with Gasteiger partial charge in [0.05, 0.1) is 5.52 Å². The van der Waals surface area contributed by atoms with E-state index in [1.165, 1.54) is 0 Å². The normalized spacial score (nSPS) is 10.2. The Morgan fingerprint density at radius 3 is 3.15 bits per heavy atom. The zero-order chi connectivity index (χ0) is 9.26. The van der Waals surface area contributed by atoms with Gasteiger partial charge in [-0.3, -0.25) is 4.98 Å². The van der Waals surface area contributed by atoms with Gasteiger partial charge in [-0.1, -0.05) is 0 Å². The molecule has 2 heterocycles. The Morgan fingerprint density at radius 2 is 2.38 bits per heavy atom. The standard InChI is InChI=1S/C7H7N5O/c8-12-6-5-4(2-1-3-9-5)10-7(13)11-6/h1-3H,8H2,(H2,10,11,12,13). The minimum atomic E-state index is -0.451. The molecule has 0 bridgehead atoms. The molecule has 66 valence electrons. The smallest absolute Gasteiger partial charge is 0.306 e. The summed E-state index contributed by atoms with van der Waals surface area (Å²) in [7, 11) is 0. The molecule has 0 atom stereocenters. The minimum absolute atomic E-state index is 0.277. The quantitative estimate of drug-likeness (QED) is 0.407. The molecule has 0 amide bonds. The molecular formula is C7H7N5O. The maximum atomic E-state index is 11.0. The number of pyridine rings is 1. The zero-order valence-corrected chi connectivity index (χ0v) is 6.61. The van der Waals surface area contributed by atoms with E-state index in [2.05, 4.69) is 20.4 Å². The molecule has 0 spiro atoms. The van der Waals surface area contributed by atoms with Gasteiger partial charge >= 0.3 is 5.69 Å². The van der Waals surface area contributed by atoms with Crippen molar-refractivity contribution in [2.24, 2.45) is 5.84 Å². The fourth-order valence-electron chi connectivity index (χ4n) is 1.09. The highest BCUT2D eigenvalue weighted by atomic mass is 16.1. The third kappa shape index (κ3) is 1.23. The SMILES string of the molecule is NNc1nc(=O)[nH]c2cccnc12. The maximum absolute atomic E-state index is 11.0. The van der Waals surface area contributed by atoms with Crippen molar-refractivity contribution in [1.82, 2.24) is 15.0 Å². The van der Waals surface area contributed by atoms with Crippen LogP contribution in [0.5, 0.6) is 0 Å². The van der Waals surface area contributed by atoms with E-state index in [0.717, 1.165) is 0 Å². The summed E-state index contributed by atoms with van der Waals surface area (Å²) in [6.45, 7) is 0. The van der Waals surface area contributed by atoms with Crippen molar-refractivity contribution in [2.75, 3.05) is 5.43 Å². The Hall–Kier alpha value is -1.95. The Morgan fingerprint density at radius 1 is 1.54 bits per heavy atom. The summed E-state index contributed by atoms with van der Waals surface area (Å²) in [5, 5.41) is 0. The van der Waals surface area contributed by atoms with E-state index in [4.69, 9.17) is 5.84 Å². The summed E-state index contributed by atoms with van der Waals surface area (Å²) in [5.41, 5.74) is 3.02. The molecule has 0 aliphatic heterocycles. The van der Waals surface area contributed by atoms with Crippen LogP contribution in [0.1, 0.15) is 0 Å². The Balaban J connectivity index is 2.89. The van der Waals surface area contributed by atoms with E-state index >= 15 is 0 Å². The third-order valence-corrected chi connectivity index (χ3v) is 1.62. The van der Waals surface area contributed by atoms with E-state index in [-0.39, 0.29) is 5.82 Å². The molecule has 6 heteroatoms. The first-order valence-electron chi connectivity index (χ1n) is 3.63. The van der Waals surface area contributed by atoms with Crippen LogP contribution in [0, 0.1) is 0 Å². The molecule has 0 saturated carbocycles. The average molecular weight is 177 g/mol. The maximum Gasteiger partial charge on any atom is 0.347 e. The molecule has 0 aliphatic rings. The first-order chi connectivity index (χ1) is 6.31. The number of aromatic nitrogens is 3. The van der Waals surface area contributed by atoms with Gasteiger partial charge in [0.1, 0.15) is 5.52 Å². The highest BCUT2D eigenvalue weighted by molar-refractivity contribution is 5.83. The van der Waals surface area contributed by atoms with Crippen LogP contribution in [-0.2, 0) is 0 Å².